The van der Waals surface area contributed by atoms with E-state index in [1.807, 2.05) is 52.8 Å². The number of halogens is 1. The van der Waals surface area contributed by atoms with Crippen molar-refractivity contribution in [3.63, 3.8) is 0 Å². The first-order valence-corrected chi connectivity index (χ1v) is 11.8. The summed E-state index contributed by atoms with van der Waals surface area (Å²) < 4.78 is 39.5. The summed E-state index contributed by atoms with van der Waals surface area (Å²) in [5, 5.41) is 0. The molecule has 0 radical (unpaired) electrons. The molecule has 0 N–H and O–H groups in total. The summed E-state index contributed by atoms with van der Waals surface area (Å²) in [7, 11) is -3.63. The fourth-order valence-corrected chi connectivity index (χ4v) is 5.13. The molecule has 2 aromatic carbocycles. The molecule has 156 valence electrons. The molecule has 0 aliphatic carbocycles. The van der Waals surface area contributed by atoms with Gasteiger partial charge in [0, 0.05) is 10.0 Å². The molecule has 1 heterocycles. The lowest BCUT2D eigenvalue weighted by Gasteiger charge is -2.30. The van der Waals surface area contributed by atoms with Crippen LogP contribution in [0.4, 0.5) is 0 Å². The van der Waals surface area contributed by atoms with Gasteiger partial charge < -0.3 is 9.47 Å². The highest BCUT2D eigenvalue weighted by Gasteiger charge is 2.49. The molecule has 2 aromatic rings. The molecule has 1 fully saturated rings. The van der Waals surface area contributed by atoms with Gasteiger partial charge in [0.15, 0.2) is 6.29 Å². The number of benzene rings is 2. The van der Waals surface area contributed by atoms with Crippen LogP contribution in [0.3, 0.4) is 0 Å². The largest absolute Gasteiger partial charge is 0.339 e. The Morgan fingerprint density at radius 2 is 1.55 bits per heavy atom. The van der Waals surface area contributed by atoms with E-state index in [9.17, 15) is 8.42 Å². The molecular weight excluding hydrogens is 452 g/mol. The molecule has 0 bridgehead atoms. The Hall–Kier alpha value is -1.47. The number of rotatable bonds is 4. The van der Waals surface area contributed by atoms with Gasteiger partial charge in [-0.15, -0.1) is 0 Å². The monoisotopic (exact) mass is 478 g/mol. The molecule has 6 heteroatoms. The van der Waals surface area contributed by atoms with E-state index in [-0.39, 0.29) is 9.80 Å². The summed E-state index contributed by atoms with van der Waals surface area (Å²) >= 11 is 3.35. The summed E-state index contributed by atoms with van der Waals surface area (Å²) in [5.74, 6) is 0. The Kier molecular flexibility index (Phi) is 5.86. The normalized spacial score (nSPS) is 19.5. The number of sulfone groups is 1. The summed E-state index contributed by atoms with van der Waals surface area (Å²) in [6.45, 7) is 11.7. The quantitative estimate of drug-likeness (QED) is 0.525. The highest BCUT2D eigenvalue weighted by atomic mass is 79.9. The minimum Gasteiger partial charge on any atom is -0.339 e. The average molecular weight is 479 g/mol. The van der Waals surface area contributed by atoms with Gasteiger partial charge in [-0.3, -0.25) is 0 Å². The number of aryl methyl sites for hydroxylation is 1. The van der Waals surface area contributed by atoms with Crippen LogP contribution in [0.5, 0.6) is 0 Å². The highest BCUT2D eigenvalue weighted by molar-refractivity contribution is 9.10. The topological polar surface area (TPSA) is 52.6 Å². The second-order valence-corrected chi connectivity index (χ2v) is 11.1. The first-order chi connectivity index (χ1) is 13.4. The molecular formula is C23H27BrO4S. The number of allylic oxidation sites excluding steroid dienone is 1. The smallest absolute Gasteiger partial charge is 0.206 e. The Labute approximate surface area is 182 Å². The zero-order valence-electron chi connectivity index (χ0n) is 17.6. The van der Waals surface area contributed by atoms with E-state index in [1.54, 1.807) is 37.3 Å². The summed E-state index contributed by atoms with van der Waals surface area (Å²) in [6, 6.07) is 12.3. The summed E-state index contributed by atoms with van der Waals surface area (Å²) in [4.78, 5) is 0.557. The van der Waals surface area contributed by atoms with Crippen molar-refractivity contribution >= 4 is 30.7 Å². The first kappa shape index (κ1) is 22.2. The highest BCUT2D eigenvalue weighted by Crippen LogP contribution is 2.45. The fraction of sp³-hybridized carbons (Fsp3) is 0.391. The van der Waals surface area contributed by atoms with Gasteiger partial charge >= 0.3 is 0 Å². The van der Waals surface area contributed by atoms with Gasteiger partial charge in [-0.25, -0.2) is 8.42 Å². The van der Waals surface area contributed by atoms with Gasteiger partial charge in [0.2, 0.25) is 9.84 Å². The van der Waals surface area contributed by atoms with Crippen LogP contribution in [0.1, 0.15) is 57.6 Å². The third kappa shape index (κ3) is 4.08. The van der Waals surface area contributed by atoms with E-state index in [4.69, 9.17) is 9.47 Å². The van der Waals surface area contributed by atoms with Crippen LogP contribution < -0.4 is 0 Å². The van der Waals surface area contributed by atoms with Gasteiger partial charge in [0.1, 0.15) is 0 Å². The molecule has 1 aliphatic rings. The third-order valence-electron chi connectivity index (χ3n) is 5.72. The molecule has 4 nitrogen and oxygen atoms in total. The van der Waals surface area contributed by atoms with Crippen LogP contribution in [0.15, 0.2) is 57.9 Å². The van der Waals surface area contributed by atoms with Crippen molar-refractivity contribution < 1.29 is 17.9 Å². The Morgan fingerprint density at radius 3 is 2.03 bits per heavy atom. The van der Waals surface area contributed by atoms with Crippen LogP contribution in [0.25, 0.3) is 4.91 Å². The van der Waals surface area contributed by atoms with Crippen molar-refractivity contribution in [2.24, 2.45) is 0 Å². The molecule has 0 spiro atoms. The van der Waals surface area contributed by atoms with E-state index in [0.29, 0.717) is 5.56 Å². The van der Waals surface area contributed by atoms with Crippen molar-refractivity contribution in [3.05, 3.63) is 69.7 Å². The van der Waals surface area contributed by atoms with Gasteiger partial charge in [-0.05, 0) is 76.9 Å². The SMILES string of the molecule is C/C=C(\c1ccc(C2OC(C)(C)C(C)(C)O2)cc1C)S(=O)(=O)c1ccc(Br)cc1. The fourth-order valence-electron chi connectivity index (χ4n) is 3.29. The van der Waals surface area contributed by atoms with Crippen molar-refractivity contribution in [2.75, 3.05) is 0 Å². The lowest BCUT2D eigenvalue weighted by Crippen LogP contribution is -2.41. The van der Waals surface area contributed by atoms with Crippen molar-refractivity contribution in [1.29, 1.82) is 0 Å². The summed E-state index contributed by atoms with van der Waals surface area (Å²) in [6.07, 6.45) is 1.17. The molecule has 0 amide bonds. The van der Waals surface area contributed by atoms with Crippen LogP contribution >= 0.6 is 15.9 Å². The van der Waals surface area contributed by atoms with Crippen LogP contribution in [-0.2, 0) is 19.3 Å². The molecule has 0 aromatic heterocycles. The standard InChI is InChI=1S/C23H27BrO4S/c1-7-20(29(25,26)18-11-9-17(24)10-12-18)19-13-8-16(14-15(19)2)21-27-22(3,4)23(5,6)28-21/h7-14,21H,1-6H3/b20-7+. The van der Waals surface area contributed by atoms with Crippen molar-refractivity contribution in [3.8, 4) is 0 Å². The minimum absolute atomic E-state index is 0.267. The minimum atomic E-state index is -3.63. The van der Waals surface area contributed by atoms with E-state index in [2.05, 4.69) is 15.9 Å². The lowest BCUT2D eigenvalue weighted by atomic mass is 9.90. The molecule has 1 saturated heterocycles. The molecule has 0 saturated carbocycles. The van der Waals surface area contributed by atoms with Crippen LogP contribution in [-0.4, -0.2) is 19.6 Å². The number of hydrogen-bond donors (Lipinski definition) is 0. The zero-order valence-corrected chi connectivity index (χ0v) is 20.0. The molecule has 0 unspecified atom stereocenters. The third-order valence-corrected chi connectivity index (χ3v) is 8.17. The predicted octanol–water partition coefficient (Wildman–Crippen LogP) is 6.19. The number of ether oxygens (including phenoxy) is 2. The first-order valence-electron chi connectivity index (χ1n) is 9.52. The van der Waals surface area contributed by atoms with Gasteiger partial charge in [-0.1, -0.05) is 40.2 Å². The molecule has 0 atom stereocenters. The van der Waals surface area contributed by atoms with Crippen molar-refractivity contribution in [2.45, 2.75) is 63.9 Å². The maximum atomic E-state index is 13.2. The maximum absolute atomic E-state index is 13.2. The second-order valence-electron chi connectivity index (χ2n) is 8.27. The van der Waals surface area contributed by atoms with Gasteiger partial charge in [-0.2, -0.15) is 0 Å². The summed E-state index contributed by atoms with van der Waals surface area (Å²) in [5.41, 5.74) is 1.55. The van der Waals surface area contributed by atoms with E-state index < -0.39 is 27.3 Å². The van der Waals surface area contributed by atoms with Gasteiger partial charge in [0.05, 0.1) is 21.0 Å². The zero-order chi connectivity index (χ0) is 21.6. The number of hydrogen-bond acceptors (Lipinski definition) is 4. The predicted molar refractivity (Wildman–Crippen MR) is 119 cm³/mol. The van der Waals surface area contributed by atoms with E-state index in [1.165, 1.54) is 0 Å². The molecule has 3 rings (SSSR count). The molecule has 29 heavy (non-hydrogen) atoms. The van der Waals surface area contributed by atoms with Crippen LogP contribution in [0, 0.1) is 6.92 Å². The Balaban J connectivity index is 1.96. The van der Waals surface area contributed by atoms with Gasteiger partial charge in [0.25, 0.3) is 0 Å². The van der Waals surface area contributed by atoms with E-state index >= 15 is 0 Å². The average Bonchev–Trinajstić information content (AvgIpc) is 2.84. The molecule has 1 aliphatic heterocycles. The second kappa shape index (κ2) is 7.65. The Bertz CT molecular complexity index is 1030. The lowest BCUT2D eigenvalue weighted by molar-refractivity contribution is -0.0896. The maximum Gasteiger partial charge on any atom is 0.206 e. The van der Waals surface area contributed by atoms with E-state index in [0.717, 1.165) is 15.6 Å². The van der Waals surface area contributed by atoms with Crippen molar-refractivity contribution in [1.82, 2.24) is 0 Å². The van der Waals surface area contributed by atoms with Crippen LogP contribution in [0.2, 0.25) is 0 Å². The Morgan fingerprint density at radius 1 is 1.00 bits per heavy atom.